The molecule has 0 radical (unpaired) electrons. The summed E-state index contributed by atoms with van der Waals surface area (Å²) in [6.45, 7) is 6.60. The summed E-state index contributed by atoms with van der Waals surface area (Å²) >= 11 is 1.50. The summed E-state index contributed by atoms with van der Waals surface area (Å²) in [6, 6.07) is 9.89. The molecular weight excluding hydrogens is 386 g/mol. The second-order valence-electron chi connectivity index (χ2n) is 7.16. The van der Waals surface area contributed by atoms with Crippen LogP contribution in [0.2, 0.25) is 0 Å². The lowest BCUT2D eigenvalue weighted by Gasteiger charge is -2.17. The molecule has 0 saturated heterocycles. The third-order valence-electron chi connectivity index (χ3n) is 5.11. The van der Waals surface area contributed by atoms with Gasteiger partial charge in [0.25, 0.3) is 11.5 Å². The zero-order valence-electron chi connectivity index (χ0n) is 17.5. The van der Waals surface area contributed by atoms with Crippen LogP contribution in [-0.2, 0) is 11.3 Å². The summed E-state index contributed by atoms with van der Waals surface area (Å²) in [4.78, 5) is 29.2. The number of ether oxygens (including phenoxy) is 1. The Morgan fingerprint density at radius 2 is 2.03 bits per heavy atom. The average Bonchev–Trinajstić information content (AvgIpc) is 2.98. The molecule has 1 amide bonds. The molecule has 6 nitrogen and oxygen atoms in total. The van der Waals surface area contributed by atoms with E-state index < -0.39 is 0 Å². The molecule has 154 valence electrons. The Kier molecular flexibility index (Phi) is 6.49. The second kappa shape index (κ2) is 8.88. The van der Waals surface area contributed by atoms with E-state index in [0.29, 0.717) is 17.7 Å². The predicted molar refractivity (Wildman–Crippen MR) is 118 cm³/mol. The van der Waals surface area contributed by atoms with Crippen LogP contribution < -0.4 is 10.9 Å². The van der Waals surface area contributed by atoms with E-state index in [4.69, 9.17) is 4.74 Å². The minimum atomic E-state index is -0.186. The molecule has 0 saturated carbocycles. The normalized spacial score (nSPS) is 12.3. The molecule has 0 aliphatic carbocycles. The fourth-order valence-corrected chi connectivity index (χ4v) is 4.56. The van der Waals surface area contributed by atoms with Crippen molar-refractivity contribution in [2.45, 2.75) is 38.3 Å². The van der Waals surface area contributed by atoms with Crippen LogP contribution >= 0.6 is 11.8 Å². The molecule has 0 spiro atoms. The number of nitrogens with one attached hydrogen (secondary N) is 2. The van der Waals surface area contributed by atoms with E-state index in [2.05, 4.69) is 21.8 Å². The summed E-state index contributed by atoms with van der Waals surface area (Å²) in [6.07, 6.45) is 1.93. The summed E-state index contributed by atoms with van der Waals surface area (Å²) in [5, 5.41) is 3.85. The van der Waals surface area contributed by atoms with E-state index in [1.54, 1.807) is 7.11 Å². The summed E-state index contributed by atoms with van der Waals surface area (Å²) in [5.41, 5.74) is 3.74. The van der Waals surface area contributed by atoms with Gasteiger partial charge in [0.15, 0.2) is 0 Å². The number of hydrogen-bond acceptors (Lipinski definition) is 4. The smallest absolute Gasteiger partial charge is 0.254 e. The lowest BCUT2D eigenvalue weighted by atomic mass is 10.1. The lowest BCUT2D eigenvalue weighted by Crippen LogP contribution is -2.28. The molecule has 2 N–H and O–H groups in total. The van der Waals surface area contributed by atoms with E-state index in [1.165, 1.54) is 11.8 Å². The molecule has 2 heterocycles. The van der Waals surface area contributed by atoms with Gasteiger partial charge in [-0.25, -0.2) is 0 Å². The highest BCUT2D eigenvalue weighted by molar-refractivity contribution is 7.98. The Morgan fingerprint density at radius 3 is 2.72 bits per heavy atom. The monoisotopic (exact) mass is 413 g/mol. The third kappa shape index (κ3) is 4.11. The van der Waals surface area contributed by atoms with Gasteiger partial charge in [0.1, 0.15) is 0 Å². The van der Waals surface area contributed by atoms with Crippen molar-refractivity contribution in [3.63, 3.8) is 0 Å². The van der Waals surface area contributed by atoms with Crippen molar-refractivity contribution >= 4 is 28.6 Å². The number of aryl methyl sites for hydroxylation is 1. The van der Waals surface area contributed by atoms with Crippen LogP contribution in [0.4, 0.5) is 0 Å². The minimum Gasteiger partial charge on any atom is -0.383 e. The van der Waals surface area contributed by atoms with Crippen molar-refractivity contribution in [3.8, 4) is 0 Å². The van der Waals surface area contributed by atoms with Gasteiger partial charge in [-0.2, -0.15) is 0 Å². The van der Waals surface area contributed by atoms with Crippen LogP contribution in [0.1, 0.15) is 40.3 Å². The average molecular weight is 414 g/mol. The van der Waals surface area contributed by atoms with Crippen molar-refractivity contribution in [2.24, 2.45) is 0 Å². The van der Waals surface area contributed by atoms with Gasteiger partial charge in [0, 0.05) is 46.4 Å². The number of benzene rings is 1. The van der Waals surface area contributed by atoms with Gasteiger partial charge in [-0.15, -0.1) is 11.8 Å². The first-order valence-electron chi connectivity index (χ1n) is 9.52. The van der Waals surface area contributed by atoms with Crippen LogP contribution in [-0.4, -0.2) is 35.4 Å². The van der Waals surface area contributed by atoms with Crippen molar-refractivity contribution in [2.75, 3.05) is 20.0 Å². The Balaban J connectivity index is 1.97. The highest BCUT2D eigenvalue weighted by Gasteiger charge is 2.22. The number of pyridine rings is 1. The maximum Gasteiger partial charge on any atom is 0.254 e. The number of hydrogen-bond donors (Lipinski definition) is 2. The Hall–Kier alpha value is -2.51. The number of aromatic amines is 1. The Morgan fingerprint density at radius 1 is 1.31 bits per heavy atom. The SMILES string of the molecule is COC[C@@H](C)n1c(C)c(C(=O)NCc2c(SC)cc(C)[nH]c2=O)c2ccccc21. The highest BCUT2D eigenvalue weighted by Crippen LogP contribution is 2.29. The molecule has 3 aromatic rings. The number of carbonyl (C=O) groups is 1. The molecule has 1 aromatic carbocycles. The number of carbonyl (C=O) groups excluding carboxylic acids is 1. The largest absolute Gasteiger partial charge is 0.383 e. The van der Waals surface area contributed by atoms with Crippen LogP contribution in [0.3, 0.4) is 0 Å². The van der Waals surface area contributed by atoms with Gasteiger partial charge in [0.05, 0.1) is 18.2 Å². The number of para-hydroxylation sites is 1. The van der Waals surface area contributed by atoms with E-state index in [0.717, 1.165) is 27.2 Å². The molecule has 2 aromatic heterocycles. The third-order valence-corrected chi connectivity index (χ3v) is 5.91. The van der Waals surface area contributed by atoms with Crippen molar-refractivity contribution in [3.05, 3.63) is 63.2 Å². The second-order valence-corrected chi connectivity index (χ2v) is 8.01. The summed E-state index contributed by atoms with van der Waals surface area (Å²) < 4.78 is 7.46. The first-order chi connectivity index (χ1) is 13.9. The Labute approximate surface area is 174 Å². The fourth-order valence-electron chi connectivity index (χ4n) is 3.85. The van der Waals surface area contributed by atoms with Crippen molar-refractivity contribution < 1.29 is 9.53 Å². The number of methoxy groups -OCH3 is 1. The standard InChI is InChI=1S/C22H27N3O3S/c1-13-10-19(29-5)17(21(26)24-13)11-23-22(27)20-15(3)25(14(2)12-28-4)18-9-7-6-8-16(18)20/h6-10,14H,11-12H2,1-5H3,(H,23,27)(H,24,26)/t14-/m1/s1. The molecule has 7 heteroatoms. The zero-order valence-corrected chi connectivity index (χ0v) is 18.3. The van der Waals surface area contributed by atoms with Gasteiger partial charge in [0.2, 0.25) is 0 Å². The number of rotatable bonds is 7. The molecule has 0 unspecified atom stereocenters. The first kappa shape index (κ1) is 21.2. The van der Waals surface area contributed by atoms with Crippen LogP contribution in [0.25, 0.3) is 10.9 Å². The van der Waals surface area contributed by atoms with Gasteiger partial charge in [-0.3, -0.25) is 9.59 Å². The van der Waals surface area contributed by atoms with E-state index in [-0.39, 0.29) is 24.1 Å². The van der Waals surface area contributed by atoms with Crippen LogP contribution in [0, 0.1) is 13.8 Å². The predicted octanol–water partition coefficient (Wildman–Crippen LogP) is 3.81. The van der Waals surface area contributed by atoms with Gasteiger partial charge in [-0.1, -0.05) is 18.2 Å². The quantitative estimate of drug-likeness (QED) is 0.578. The van der Waals surface area contributed by atoms with Crippen LogP contribution in [0.5, 0.6) is 0 Å². The first-order valence-corrected chi connectivity index (χ1v) is 10.7. The van der Waals surface area contributed by atoms with Gasteiger partial charge >= 0.3 is 0 Å². The number of thioether (sulfide) groups is 1. The molecule has 3 rings (SSSR count). The number of aromatic nitrogens is 2. The summed E-state index contributed by atoms with van der Waals surface area (Å²) in [7, 11) is 1.67. The van der Waals surface area contributed by atoms with E-state index in [1.807, 2.05) is 50.4 Å². The maximum atomic E-state index is 13.1. The minimum absolute atomic E-state index is 0.0921. The molecule has 1 atom stereocenters. The molecule has 29 heavy (non-hydrogen) atoms. The molecule has 0 fully saturated rings. The van der Waals surface area contributed by atoms with Crippen molar-refractivity contribution in [1.29, 1.82) is 0 Å². The van der Waals surface area contributed by atoms with Gasteiger partial charge in [-0.05, 0) is 39.2 Å². The number of nitrogens with zero attached hydrogens (tertiary/aromatic N) is 1. The topological polar surface area (TPSA) is 76.1 Å². The molecular formula is C22H27N3O3S. The maximum absolute atomic E-state index is 13.1. The molecule has 0 aliphatic heterocycles. The van der Waals surface area contributed by atoms with Gasteiger partial charge < -0.3 is 19.6 Å². The molecule has 0 aliphatic rings. The number of fused-ring (bicyclic) bond motifs is 1. The lowest BCUT2D eigenvalue weighted by molar-refractivity contribution is 0.0950. The zero-order chi connectivity index (χ0) is 21.1. The van der Waals surface area contributed by atoms with E-state index >= 15 is 0 Å². The molecule has 0 bridgehead atoms. The van der Waals surface area contributed by atoms with Crippen LogP contribution in [0.15, 0.2) is 40.0 Å². The highest BCUT2D eigenvalue weighted by atomic mass is 32.2. The Bertz CT molecular complexity index is 1100. The fraction of sp³-hybridized carbons (Fsp3) is 0.364. The number of H-pyrrole nitrogens is 1. The van der Waals surface area contributed by atoms with Crippen molar-refractivity contribution in [1.82, 2.24) is 14.9 Å². The number of amides is 1. The van der Waals surface area contributed by atoms with E-state index in [9.17, 15) is 9.59 Å². The summed E-state index contributed by atoms with van der Waals surface area (Å²) in [5.74, 6) is -0.186.